The minimum absolute atomic E-state index is 0.115. The maximum Gasteiger partial charge on any atom is 0.275 e. The Bertz CT molecular complexity index is 1080. The molecule has 1 aliphatic heterocycles. The molecule has 152 valence electrons. The number of carbonyl (C=O) groups excluding carboxylic acids is 2. The number of aryl methyl sites for hydroxylation is 1. The molecular weight excluding hydrogens is 398 g/mol. The van der Waals surface area contributed by atoms with E-state index in [1.165, 1.54) is 17.6 Å². The number of nitrogens with zero attached hydrogens (tertiary/aromatic N) is 4. The largest absolute Gasteiger partial charge is 0.348 e. The van der Waals surface area contributed by atoms with Crippen LogP contribution in [0.1, 0.15) is 38.4 Å². The molecule has 1 aliphatic rings. The molecule has 8 heteroatoms. The summed E-state index contributed by atoms with van der Waals surface area (Å²) in [4.78, 5) is 31.1. The minimum Gasteiger partial charge on any atom is -0.348 e. The molecule has 0 atom stereocenters. The molecule has 3 heterocycles. The van der Waals surface area contributed by atoms with Crippen molar-refractivity contribution in [2.45, 2.75) is 26.4 Å². The number of carbonyl (C=O) groups is 2. The fourth-order valence-electron chi connectivity index (χ4n) is 3.52. The lowest BCUT2D eigenvalue weighted by Gasteiger charge is -2.30. The topological polar surface area (TPSA) is 88.1 Å². The van der Waals surface area contributed by atoms with Gasteiger partial charge in [0.2, 0.25) is 5.91 Å². The number of fused-ring (bicyclic) bond motifs is 1. The lowest BCUT2D eigenvalue weighted by Crippen LogP contribution is -2.37. The number of amides is 2. The SMILES string of the molecule is Cc1ncc2c(c1CNC(=O)/C=C/c1ccccc1)CCN(C(=O)c1csnn1)C2. The van der Waals surface area contributed by atoms with Gasteiger partial charge in [0.05, 0.1) is 0 Å². The van der Waals surface area contributed by atoms with Crippen LogP contribution in [0, 0.1) is 6.92 Å². The molecule has 0 fully saturated rings. The van der Waals surface area contributed by atoms with E-state index in [-0.39, 0.29) is 11.8 Å². The van der Waals surface area contributed by atoms with Gasteiger partial charge in [-0.25, -0.2) is 0 Å². The molecule has 0 saturated carbocycles. The van der Waals surface area contributed by atoms with Gasteiger partial charge in [-0.1, -0.05) is 34.8 Å². The summed E-state index contributed by atoms with van der Waals surface area (Å²) in [5.41, 5.74) is 5.44. The van der Waals surface area contributed by atoms with Crippen molar-refractivity contribution in [3.63, 3.8) is 0 Å². The standard InChI is InChI=1S/C22H21N5O2S/c1-15-19(12-24-21(28)8-7-16-5-3-2-4-6-16)18-9-10-27(13-17(18)11-23-15)22(29)20-14-30-26-25-20/h2-8,11,14H,9-10,12-13H2,1H3,(H,24,28)/b8-7+. The number of hydrogen-bond acceptors (Lipinski definition) is 6. The van der Waals surface area contributed by atoms with Gasteiger partial charge in [0.15, 0.2) is 5.69 Å². The molecule has 1 N–H and O–H groups in total. The number of nitrogens with one attached hydrogen (secondary N) is 1. The van der Waals surface area contributed by atoms with Crippen LogP contribution in [-0.4, -0.2) is 37.8 Å². The van der Waals surface area contributed by atoms with E-state index in [4.69, 9.17) is 0 Å². The molecule has 0 bridgehead atoms. The highest BCUT2D eigenvalue weighted by Crippen LogP contribution is 2.25. The van der Waals surface area contributed by atoms with E-state index >= 15 is 0 Å². The van der Waals surface area contributed by atoms with E-state index in [2.05, 4.69) is 19.9 Å². The summed E-state index contributed by atoms with van der Waals surface area (Å²) in [5, 5.41) is 8.49. The van der Waals surface area contributed by atoms with Crippen LogP contribution < -0.4 is 5.32 Å². The van der Waals surface area contributed by atoms with Gasteiger partial charge in [0.1, 0.15) is 0 Å². The first-order valence-corrected chi connectivity index (χ1v) is 10.5. The molecule has 0 aliphatic carbocycles. The maximum atomic E-state index is 12.6. The van der Waals surface area contributed by atoms with E-state index in [1.807, 2.05) is 43.5 Å². The molecule has 7 nitrogen and oxygen atoms in total. The van der Waals surface area contributed by atoms with Crippen LogP contribution in [0.15, 0.2) is 48.0 Å². The summed E-state index contributed by atoms with van der Waals surface area (Å²) in [6, 6.07) is 9.69. The molecule has 3 aromatic rings. The van der Waals surface area contributed by atoms with E-state index in [1.54, 1.807) is 16.4 Å². The quantitative estimate of drug-likeness (QED) is 0.643. The summed E-state index contributed by atoms with van der Waals surface area (Å²) in [5.74, 6) is -0.268. The summed E-state index contributed by atoms with van der Waals surface area (Å²) < 4.78 is 3.77. The van der Waals surface area contributed by atoms with Crippen molar-refractivity contribution in [3.05, 3.63) is 81.6 Å². The van der Waals surface area contributed by atoms with Crippen LogP contribution in [0.4, 0.5) is 0 Å². The monoisotopic (exact) mass is 419 g/mol. The van der Waals surface area contributed by atoms with E-state index in [9.17, 15) is 9.59 Å². The van der Waals surface area contributed by atoms with Gasteiger partial charge in [-0.2, -0.15) is 0 Å². The smallest absolute Gasteiger partial charge is 0.275 e. The molecule has 30 heavy (non-hydrogen) atoms. The van der Waals surface area contributed by atoms with Crippen molar-refractivity contribution in [2.24, 2.45) is 0 Å². The van der Waals surface area contributed by atoms with Crippen molar-refractivity contribution in [1.82, 2.24) is 24.8 Å². The average molecular weight is 420 g/mol. The predicted octanol–water partition coefficient (Wildman–Crippen LogP) is 2.77. The third-order valence-corrected chi connectivity index (χ3v) is 5.63. The highest BCUT2D eigenvalue weighted by molar-refractivity contribution is 7.03. The van der Waals surface area contributed by atoms with Crippen LogP contribution in [0.25, 0.3) is 6.08 Å². The molecule has 2 amide bonds. The lowest BCUT2D eigenvalue weighted by atomic mass is 9.94. The Kier molecular flexibility index (Phi) is 5.94. The van der Waals surface area contributed by atoms with Gasteiger partial charge in [-0.05, 0) is 53.2 Å². The Morgan fingerprint density at radius 2 is 2.10 bits per heavy atom. The van der Waals surface area contributed by atoms with E-state index in [0.29, 0.717) is 31.7 Å². The zero-order valence-electron chi connectivity index (χ0n) is 16.5. The molecule has 0 radical (unpaired) electrons. The second-order valence-electron chi connectivity index (χ2n) is 7.05. The predicted molar refractivity (Wildman–Crippen MR) is 115 cm³/mol. The highest BCUT2D eigenvalue weighted by atomic mass is 32.1. The third-order valence-electron chi connectivity index (χ3n) is 5.13. The Labute approximate surface area is 178 Å². The maximum absolute atomic E-state index is 12.6. The Morgan fingerprint density at radius 3 is 2.87 bits per heavy atom. The number of benzene rings is 1. The molecule has 0 unspecified atom stereocenters. The molecule has 0 saturated heterocycles. The van der Waals surface area contributed by atoms with Crippen LogP contribution in [0.2, 0.25) is 0 Å². The summed E-state index contributed by atoms with van der Waals surface area (Å²) in [6.45, 7) is 3.43. The van der Waals surface area contributed by atoms with Gasteiger partial charge >= 0.3 is 0 Å². The fourth-order valence-corrected chi connectivity index (χ4v) is 3.95. The molecule has 0 spiro atoms. The molecule has 2 aromatic heterocycles. The summed E-state index contributed by atoms with van der Waals surface area (Å²) in [6.07, 6.45) is 5.87. The molecular formula is C22H21N5O2S. The Hall–Kier alpha value is -3.39. The van der Waals surface area contributed by atoms with E-state index < -0.39 is 0 Å². The third kappa shape index (κ3) is 4.44. The van der Waals surface area contributed by atoms with Crippen molar-refractivity contribution in [3.8, 4) is 0 Å². The number of rotatable bonds is 5. The van der Waals surface area contributed by atoms with Gasteiger partial charge in [-0.15, -0.1) is 5.10 Å². The van der Waals surface area contributed by atoms with Gasteiger partial charge in [0.25, 0.3) is 5.91 Å². The molecule has 4 rings (SSSR count). The Morgan fingerprint density at radius 1 is 1.27 bits per heavy atom. The number of hydrogen-bond donors (Lipinski definition) is 1. The first kappa shape index (κ1) is 19.9. The fraction of sp³-hybridized carbons (Fsp3) is 0.227. The van der Waals surface area contributed by atoms with Crippen molar-refractivity contribution in [1.29, 1.82) is 0 Å². The average Bonchev–Trinajstić information content (AvgIpc) is 3.32. The summed E-state index contributed by atoms with van der Waals surface area (Å²) in [7, 11) is 0. The van der Waals surface area contributed by atoms with Crippen molar-refractivity contribution in [2.75, 3.05) is 6.54 Å². The van der Waals surface area contributed by atoms with Gasteiger partial charge in [0, 0.05) is 43.0 Å². The second-order valence-corrected chi connectivity index (χ2v) is 7.66. The van der Waals surface area contributed by atoms with Crippen LogP contribution in [-0.2, 0) is 24.3 Å². The van der Waals surface area contributed by atoms with Crippen LogP contribution >= 0.6 is 11.5 Å². The first-order chi connectivity index (χ1) is 14.6. The minimum atomic E-state index is -0.153. The lowest BCUT2D eigenvalue weighted by molar-refractivity contribution is -0.116. The van der Waals surface area contributed by atoms with Gasteiger partial charge in [-0.3, -0.25) is 14.6 Å². The van der Waals surface area contributed by atoms with Crippen molar-refractivity contribution < 1.29 is 9.59 Å². The van der Waals surface area contributed by atoms with Crippen molar-refractivity contribution >= 4 is 29.4 Å². The zero-order chi connectivity index (χ0) is 20.9. The zero-order valence-corrected chi connectivity index (χ0v) is 17.4. The molecule has 1 aromatic carbocycles. The number of pyridine rings is 1. The van der Waals surface area contributed by atoms with E-state index in [0.717, 1.165) is 27.9 Å². The van der Waals surface area contributed by atoms with Gasteiger partial charge < -0.3 is 10.2 Å². The summed E-state index contributed by atoms with van der Waals surface area (Å²) >= 11 is 1.17. The first-order valence-electron chi connectivity index (χ1n) is 9.65. The second kappa shape index (κ2) is 8.96. The normalized spacial score (nSPS) is 13.3. The number of aromatic nitrogens is 3. The highest BCUT2D eigenvalue weighted by Gasteiger charge is 2.25. The van der Waals surface area contributed by atoms with Crippen LogP contribution in [0.5, 0.6) is 0 Å². The van der Waals surface area contributed by atoms with Crippen LogP contribution in [0.3, 0.4) is 0 Å². The Balaban J connectivity index is 1.44.